The number of hydrogen-bond acceptors (Lipinski definition) is 6. The summed E-state index contributed by atoms with van der Waals surface area (Å²) in [6, 6.07) is 0. The minimum atomic E-state index is 0.330. The molecule has 7 heteroatoms. The Morgan fingerprint density at radius 1 is 1.42 bits per heavy atom. The van der Waals surface area contributed by atoms with Gasteiger partial charge < -0.3 is 10.1 Å². The quantitative estimate of drug-likeness (QED) is 0.721. The molecule has 0 bridgehead atoms. The Hall–Kier alpha value is -0.660. The first-order valence-corrected chi connectivity index (χ1v) is 8.02. The van der Waals surface area contributed by atoms with Gasteiger partial charge in [-0.25, -0.2) is 4.68 Å². The van der Waals surface area contributed by atoms with Crippen LogP contribution in [-0.4, -0.2) is 51.5 Å². The van der Waals surface area contributed by atoms with Crippen LogP contribution >= 0.6 is 11.8 Å². The minimum absolute atomic E-state index is 0.330. The molecule has 0 spiro atoms. The van der Waals surface area contributed by atoms with Crippen molar-refractivity contribution < 1.29 is 4.74 Å². The number of thioether (sulfide) groups is 1. The first-order chi connectivity index (χ1) is 9.29. The van der Waals surface area contributed by atoms with Gasteiger partial charge in [0.15, 0.2) is 5.82 Å². The van der Waals surface area contributed by atoms with Crippen molar-refractivity contribution in [3.63, 3.8) is 0 Å². The summed E-state index contributed by atoms with van der Waals surface area (Å²) in [5, 5.41) is 15.4. The summed E-state index contributed by atoms with van der Waals surface area (Å²) in [4.78, 5) is 0. The lowest BCUT2D eigenvalue weighted by Gasteiger charge is -2.26. The van der Waals surface area contributed by atoms with E-state index in [1.807, 2.05) is 16.4 Å². The smallest absolute Gasteiger partial charge is 0.165 e. The van der Waals surface area contributed by atoms with Gasteiger partial charge in [0, 0.05) is 18.4 Å². The maximum atomic E-state index is 5.01. The van der Waals surface area contributed by atoms with Gasteiger partial charge in [0.1, 0.15) is 0 Å². The molecule has 1 heterocycles. The van der Waals surface area contributed by atoms with Crippen molar-refractivity contribution in [1.29, 1.82) is 0 Å². The van der Waals surface area contributed by atoms with Crippen LogP contribution in [0.3, 0.4) is 0 Å². The lowest BCUT2D eigenvalue weighted by atomic mass is 10.1. The molecule has 0 radical (unpaired) electrons. The van der Waals surface area contributed by atoms with Crippen LogP contribution in [0.1, 0.15) is 31.5 Å². The highest BCUT2D eigenvalue weighted by Crippen LogP contribution is 2.41. The number of hydrogen-bond donors (Lipinski definition) is 1. The molecule has 0 saturated heterocycles. The van der Waals surface area contributed by atoms with Crippen LogP contribution in [0.4, 0.5) is 0 Å². The normalized spacial score (nSPS) is 18.0. The number of methoxy groups -OCH3 is 1. The van der Waals surface area contributed by atoms with Crippen molar-refractivity contribution >= 4 is 11.8 Å². The maximum Gasteiger partial charge on any atom is 0.165 e. The fourth-order valence-corrected chi connectivity index (χ4v) is 3.51. The van der Waals surface area contributed by atoms with E-state index in [2.05, 4.69) is 27.1 Å². The Labute approximate surface area is 118 Å². The Morgan fingerprint density at radius 3 is 2.89 bits per heavy atom. The molecule has 6 nitrogen and oxygen atoms in total. The topological polar surface area (TPSA) is 64.9 Å². The van der Waals surface area contributed by atoms with Crippen molar-refractivity contribution in [1.82, 2.24) is 25.5 Å². The predicted molar refractivity (Wildman–Crippen MR) is 76.1 cm³/mol. The lowest BCUT2D eigenvalue weighted by molar-refractivity contribution is 0.198. The van der Waals surface area contributed by atoms with Gasteiger partial charge >= 0.3 is 0 Å². The number of ether oxygens (including phenoxy) is 1. The van der Waals surface area contributed by atoms with Crippen LogP contribution in [0.15, 0.2) is 0 Å². The van der Waals surface area contributed by atoms with Crippen LogP contribution in [0.2, 0.25) is 0 Å². The lowest BCUT2D eigenvalue weighted by Crippen LogP contribution is -2.30. The molecule has 0 atom stereocenters. The first-order valence-electron chi connectivity index (χ1n) is 6.79. The Bertz CT molecular complexity index is 378. The van der Waals surface area contributed by atoms with Gasteiger partial charge in [0.2, 0.25) is 0 Å². The van der Waals surface area contributed by atoms with Gasteiger partial charge in [0.05, 0.1) is 19.7 Å². The molecule has 2 rings (SSSR count). The second-order valence-corrected chi connectivity index (χ2v) is 6.29. The summed E-state index contributed by atoms with van der Waals surface area (Å²) in [5.74, 6) is 0.913. The molecule has 1 N–H and O–H groups in total. The Kier molecular flexibility index (Phi) is 5.59. The minimum Gasteiger partial charge on any atom is -0.383 e. The van der Waals surface area contributed by atoms with Crippen molar-refractivity contribution in [3.05, 3.63) is 5.82 Å². The second kappa shape index (κ2) is 7.21. The fraction of sp³-hybridized carbons (Fsp3) is 0.917. The van der Waals surface area contributed by atoms with Crippen LogP contribution in [0, 0.1) is 0 Å². The van der Waals surface area contributed by atoms with Gasteiger partial charge in [-0.1, -0.05) is 12.8 Å². The summed E-state index contributed by atoms with van der Waals surface area (Å²) >= 11 is 1.96. The van der Waals surface area contributed by atoms with Gasteiger partial charge in [-0.15, -0.1) is 5.10 Å². The number of nitrogens with one attached hydrogen (secondary N) is 1. The van der Waals surface area contributed by atoms with Crippen molar-refractivity contribution in [2.75, 3.05) is 26.5 Å². The highest BCUT2D eigenvalue weighted by atomic mass is 32.2. The Morgan fingerprint density at radius 2 is 2.21 bits per heavy atom. The van der Waals surface area contributed by atoms with E-state index in [1.165, 1.54) is 25.7 Å². The fourth-order valence-electron chi connectivity index (χ4n) is 2.57. The summed E-state index contributed by atoms with van der Waals surface area (Å²) < 4.78 is 7.30. The summed E-state index contributed by atoms with van der Waals surface area (Å²) in [6.07, 6.45) is 7.39. The summed E-state index contributed by atoms with van der Waals surface area (Å²) in [5.41, 5.74) is 0. The van der Waals surface area contributed by atoms with Crippen LogP contribution in [-0.2, 0) is 17.8 Å². The highest BCUT2D eigenvalue weighted by Gasteiger charge is 2.34. The SMILES string of the molecule is COCCNCc1nnnn1CC1(SC)CCCC1. The third-order valence-electron chi connectivity index (χ3n) is 3.76. The van der Waals surface area contributed by atoms with Crippen molar-refractivity contribution in [2.45, 2.75) is 43.5 Å². The molecule has 1 fully saturated rings. The Balaban J connectivity index is 1.91. The molecule has 0 aromatic carbocycles. The zero-order chi connectivity index (χ0) is 13.6. The van der Waals surface area contributed by atoms with Crippen LogP contribution < -0.4 is 5.32 Å². The summed E-state index contributed by atoms with van der Waals surface area (Å²) in [7, 11) is 1.70. The molecule has 1 aliphatic carbocycles. The predicted octanol–water partition coefficient (Wildman–Crippen LogP) is 1.08. The molecule has 1 aromatic heterocycles. The van der Waals surface area contributed by atoms with E-state index < -0.39 is 0 Å². The number of tetrazole rings is 1. The van der Waals surface area contributed by atoms with E-state index >= 15 is 0 Å². The standard InChI is InChI=1S/C12H23N5OS/c1-18-8-7-13-9-11-14-15-16-17(11)10-12(19-2)5-3-4-6-12/h13H,3-10H2,1-2H3. The molecule has 0 unspecified atom stereocenters. The summed E-state index contributed by atoms with van der Waals surface area (Å²) in [6.45, 7) is 3.14. The third kappa shape index (κ3) is 3.90. The zero-order valence-corrected chi connectivity index (χ0v) is 12.6. The molecule has 0 aliphatic heterocycles. The van der Waals surface area contributed by atoms with Crippen molar-refractivity contribution in [2.24, 2.45) is 0 Å². The maximum absolute atomic E-state index is 5.01. The van der Waals surface area contributed by atoms with Gasteiger partial charge in [-0.3, -0.25) is 0 Å². The van der Waals surface area contributed by atoms with E-state index in [-0.39, 0.29) is 0 Å². The van der Waals surface area contributed by atoms with Gasteiger partial charge in [-0.2, -0.15) is 11.8 Å². The van der Waals surface area contributed by atoms with E-state index in [0.717, 1.165) is 18.9 Å². The molecular formula is C12H23N5OS. The molecule has 108 valence electrons. The third-order valence-corrected chi connectivity index (χ3v) is 5.16. The average Bonchev–Trinajstić information content (AvgIpc) is 3.06. The van der Waals surface area contributed by atoms with Crippen molar-refractivity contribution in [3.8, 4) is 0 Å². The van der Waals surface area contributed by atoms with E-state index in [1.54, 1.807) is 7.11 Å². The highest BCUT2D eigenvalue weighted by molar-refractivity contribution is 8.00. The largest absolute Gasteiger partial charge is 0.383 e. The molecule has 1 aromatic rings. The van der Waals surface area contributed by atoms with E-state index in [4.69, 9.17) is 4.74 Å². The second-order valence-electron chi connectivity index (χ2n) is 5.02. The van der Waals surface area contributed by atoms with Crippen LogP contribution in [0.25, 0.3) is 0 Å². The number of nitrogens with zero attached hydrogens (tertiary/aromatic N) is 4. The van der Waals surface area contributed by atoms with E-state index in [0.29, 0.717) is 17.9 Å². The van der Waals surface area contributed by atoms with Gasteiger partial charge in [-0.05, 0) is 29.5 Å². The molecular weight excluding hydrogens is 262 g/mol. The molecule has 1 aliphatic rings. The number of rotatable bonds is 8. The number of aromatic nitrogens is 4. The molecule has 0 amide bonds. The van der Waals surface area contributed by atoms with Crippen LogP contribution in [0.5, 0.6) is 0 Å². The molecule has 1 saturated carbocycles. The molecule has 19 heavy (non-hydrogen) atoms. The average molecular weight is 285 g/mol. The zero-order valence-electron chi connectivity index (χ0n) is 11.8. The first kappa shape index (κ1) is 14.7. The monoisotopic (exact) mass is 285 g/mol. The van der Waals surface area contributed by atoms with E-state index in [9.17, 15) is 0 Å². The van der Waals surface area contributed by atoms with Gasteiger partial charge in [0.25, 0.3) is 0 Å².